The Kier molecular flexibility index (Phi) is 12.4. The first kappa shape index (κ1) is 34.6. The van der Waals surface area contributed by atoms with E-state index >= 15 is 0 Å². The van der Waals surface area contributed by atoms with Crippen molar-refractivity contribution >= 4 is 41.3 Å². The van der Waals surface area contributed by atoms with Gasteiger partial charge >= 0.3 is 26.1 Å². The fourth-order valence-corrected chi connectivity index (χ4v) is 7.26. The first-order chi connectivity index (χ1) is 19.4. The van der Waals surface area contributed by atoms with Gasteiger partial charge in [0.1, 0.15) is 11.5 Å². The van der Waals surface area contributed by atoms with Crippen LogP contribution in [0.1, 0.15) is 23.6 Å². The van der Waals surface area contributed by atoms with Gasteiger partial charge in [-0.1, -0.05) is 62.5 Å². The van der Waals surface area contributed by atoms with Crippen molar-refractivity contribution in [3.8, 4) is 0 Å². The molecule has 0 aliphatic carbocycles. The maximum atomic E-state index is 11.8. The molecule has 0 spiro atoms. The third-order valence-electron chi connectivity index (χ3n) is 6.51. The first-order valence-corrected chi connectivity index (χ1v) is 14.2. The molecule has 2 heterocycles. The van der Waals surface area contributed by atoms with Gasteiger partial charge in [0, 0.05) is 34.2 Å². The SMILES string of the molecule is CC(=O)[O-].CN1[C]N(C)c2c1c(=O)n(C)c(=O)n2C.[CH2-]c1ccccc1P(c1ccccc1C)c1ccccc1C.[Pd+2]. The quantitative estimate of drug-likeness (QED) is 0.187. The number of hydrogen-bond acceptors (Lipinski definition) is 6. The Hall–Kier alpha value is -3.63. The fourth-order valence-electron chi connectivity index (χ4n) is 4.56. The van der Waals surface area contributed by atoms with E-state index < -0.39 is 13.9 Å². The monoisotopic (exact) mass is 676 g/mol. The Bertz CT molecular complexity index is 1560. The molecule has 5 rings (SSSR count). The number of hydrogen-bond donors (Lipinski definition) is 0. The van der Waals surface area contributed by atoms with Crippen molar-refractivity contribution in [3.63, 3.8) is 0 Å². The molecule has 222 valence electrons. The van der Waals surface area contributed by atoms with Gasteiger partial charge < -0.3 is 19.7 Å². The number of rotatable bonds is 3. The van der Waals surface area contributed by atoms with Gasteiger partial charge in [-0.2, -0.15) is 18.6 Å². The van der Waals surface area contributed by atoms with E-state index in [4.69, 9.17) is 9.90 Å². The molecular weight excluding hydrogens is 642 g/mol. The minimum atomic E-state index is -1.08. The molecule has 42 heavy (non-hydrogen) atoms. The van der Waals surface area contributed by atoms with Crippen LogP contribution in [0, 0.1) is 27.4 Å². The number of carboxylic acid groups (broad SMARTS) is 1. The molecule has 0 bridgehead atoms. The molecule has 0 fully saturated rings. The van der Waals surface area contributed by atoms with Crippen LogP contribution in [-0.4, -0.2) is 29.2 Å². The molecular formula is C32H35N4O4PPd. The third-order valence-corrected chi connectivity index (χ3v) is 9.39. The van der Waals surface area contributed by atoms with Crippen molar-refractivity contribution in [2.24, 2.45) is 14.1 Å². The van der Waals surface area contributed by atoms with Crippen LogP contribution in [0.15, 0.2) is 82.4 Å². The van der Waals surface area contributed by atoms with Crippen LogP contribution in [0.3, 0.4) is 0 Å². The van der Waals surface area contributed by atoms with Crippen molar-refractivity contribution in [2.45, 2.75) is 20.8 Å². The van der Waals surface area contributed by atoms with Crippen LogP contribution < -0.4 is 42.1 Å². The second kappa shape index (κ2) is 15.0. The summed E-state index contributed by atoms with van der Waals surface area (Å²) in [7, 11) is 6.02. The number of aryl methyl sites for hydroxylation is 2. The number of anilines is 2. The van der Waals surface area contributed by atoms with Crippen LogP contribution in [0.2, 0.25) is 0 Å². The summed E-state index contributed by atoms with van der Waals surface area (Å²) < 4.78 is 2.53. The number of aliphatic carboxylic acids is 1. The van der Waals surface area contributed by atoms with E-state index in [2.05, 4.69) is 100 Å². The maximum Gasteiger partial charge on any atom is 2.00 e. The molecule has 0 amide bonds. The smallest absolute Gasteiger partial charge is 0.550 e. The summed E-state index contributed by atoms with van der Waals surface area (Å²) >= 11 is 0. The number of benzene rings is 3. The number of fused-ring (bicyclic) bond motifs is 1. The van der Waals surface area contributed by atoms with Crippen LogP contribution >= 0.6 is 7.92 Å². The average molecular weight is 677 g/mol. The second-order valence-corrected chi connectivity index (χ2v) is 11.7. The molecule has 8 nitrogen and oxygen atoms in total. The van der Waals surface area contributed by atoms with Crippen LogP contribution in [0.25, 0.3) is 0 Å². The van der Waals surface area contributed by atoms with E-state index in [9.17, 15) is 9.59 Å². The number of carboxylic acids is 1. The third kappa shape index (κ3) is 7.60. The van der Waals surface area contributed by atoms with Crippen molar-refractivity contribution < 1.29 is 30.3 Å². The molecule has 0 unspecified atom stereocenters. The van der Waals surface area contributed by atoms with E-state index in [1.807, 2.05) is 0 Å². The average Bonchev–Trinajstić information content (AvgIpc) is 3.23. The van der Waals surface area contributed by atoms with E-state index in [-0.39, 0.29) is 31.7 Å². The summed E-state index contributed by atoms with van der Waals surface area (Å²) in [5.41, 5.74) is 3.66. The van der Waals surface area contributed by atoms with Gasteiger partial charge in [0.15, 0.2) is 0 Å². The van der Waals surface area contributed by atoms with Crippen molar-refractivity contribution in [1.29, 1.82) is 0 Å². The van der Waals surface area contributed by atoms with Crippen LogP contribution in [-0.2, 0) is 39.3 Å². The van der Waals surface area contributed by atoms with Crippen molar-refractivity contribution in [1.82, 2.24) is 9.13 Å². The first-order valence-electron chi connectivity index (χ1n) is 12.9. The predicted octanol–water partition coefficient (Wildman–Crippen LogP) is 1.96. The summed E-state index contributed by atoms with van der Waals surface area (Å²) in [6, 6.07) is 26.0. The molecule has 0 atom stereocenters. The van der Waals surface area contributed by atoms with Gasteiger partial charge in [-0.05, 0) is 42.5 Å². The maximum absolute atomic E-state index is 11.8. The van der Waals surface area contributed by atoms with E-state index in [1.54, 1.807) is 30.9 Å². The summed E-state index contributed by atoms with van der Waals surface area (Å²) in [6.07, 6.45) is 0. The van der Waals surface area contributed by atoms with Crippen molar-refractivity contribution in [3.05, 3.63) is 124 Å². The molecule has 2 radical (unpaired) electrons. The Labute approximate surface area is 262 Å². The van der Waals surface area contributed by atoms with E-state index in [1.165, 1.54) is 38.7 Å². The van der Waals surface area contributed by atoms with Gasteiger partial charge in [0.2, 0.25) is 6.67 Å². The zero-order chi connectivity index (χ0) is 30.4. The Morgan fingerprint density at radius 1 is 0.762 bits per heavy atom. The topological polar surface area (TPSA) is 90.6 Å². The molecule has 4 aromatic rings. The summed E-state index contributed by atoms with van der Waals surface area (Å²) in [4.78, 5) is 35.6. The largest absolute Gasteiger partial charge is 2.00 e. The summed E-state index contributed by atoms with van der Waals surface area (Å²) in [5, 5.41) is 13.1. The molecule has 3 aromatic carbocycles. The molecule has 0 saturated heterocycles. The summed E-state index contributed by atoms with van der Waals surface area (Å²) in [6.45, 7) is 12.6. The predicted molar refractivity (Wildman–Crippen MR) is 167 cm³/mol. The van der Waals surface area contributed by atoms with E-state index in [0.29, 0.717) is 11.5 Å². The Balaban J connectivity index is 0.000000268. The van der Waals surface area contributed by atoms with Crippen molar-refractivity contribution in [2.75, 3.05) is 23.9 Å². The molecule has 1 aromatic heterocycles. The number of nitrogens with zero attached hydrogens (tertiary/aromatic N) is 4. The van der Waals surface area contributed by atoms with Gasteiger partial charge in [0.05, 0.1) is 0 Å². The minimum Gasteiger partial charge on any atom is -0.550 e. The Morgan fingerprint density at radius 2 is 1.19 bits per heavy atom. The standard InChI is InChI=1S/C21H20P.C9H12N4O2.C2H4O2.Pd/c1-16-10-4-7-13-19(16)22(20-14-8-5-11-17(20)2)21-15-9-6-12-18(21)3;1-10-5-11(2)7-6(10)8(14)13(4)9(15)12(7)3;1-2(3)4;/h4-15H,1H2,2-3H3;1-4H3;1H3,(H,3,4);/q-1;;;+2/p-1. The fraction of sp³-hybridized carbons (Fsp3) is 0.219. The summed E-state index contributed by atoms with van der Waals surface area (Å²) in [5.74, 6) is -0.509. The van der Waals surface area contributed by atoms with Gasteiger partial charge in [0.25, 0.3) is 5.56 Å². The molecule has 0 N–H and O–H groups in total. The Morgan fingerprint density at radius 3 is 1.64 bits per heavy atom. The number of carbonyl (C=O) groups excluding carboxylic acids is 1. The van der Waals surface area contributed by atoms with Gasteiger partial charge in [-0.15, -0.1) is 17.4 Å². The van der Waals surface area contributed by atoms with Crippen LogP contribution in [0.5, 0.6) is 0 Å². The molecule has 10 heteroatoms. The molecule has 1 aliphatic rings. The normalized spacial score (nSPS) is 11.5. The van der Waals surface area contributed by atoms with E-state index in [0.717, 1.165) is 17.1 Å². The zero-order valence-electron chi connectivity index (χ0n) is 24.8. The van der Waals surface area contributed by atoms with Crippen LogP contribution in [0.4, 0.5) is 11.5 Å². The molecule has 1 aliphatic heterocycles. The second-order valence-electron chi connectivity index (χ2n) is 9.62. The van der Waals surface area contributed by atoms with Gasteiger partial charge in [-0.25, -0.2) is 4.79 Å². The number of carbonyl (C=O) groups is 1. The zero-order valence-corrected chi connectivity index (χ0v) is 27.3. The number of aromatic nitrogens is 2. The molecule has 0 saturated carbocycles. The minimum absolute atomic E-state index is 0. The van der Waals surface area contributed by atoms with Gasteiger partial charge in [-0.3, -0.25) is 13.9 Å².